The summed E-state index contributed by atoms with van der Waals surface area (Å²) in [6.07, 6.45) is 1.45. The minimum absolute atomic E-state index is 0.154. The van der Waals surface area contributed by atoms with E-state index in [0.717, 1.165) is 4.47 Å². The van der Waals surface area contributed by atoms with Crippen LogP contribution in [-0.4, -0.2) is 24.2 Å². The van der Waals surface area contributed by atoms with E-state index in [4.69, 9.17) is 4.74 Å². The normalized spacial score (nSPS) is 10.5. The van der Waals surface area contributed by atoms with Crippen LogP contribution in [0.2, 0.25) is 0 Å². The fourth-order valence-electron chi connectivity index (χ4n) is 1.73. The maximum absolute atomic E-state index is 11.9. The number of carbonyl (C=O) groups excluding carboxylic acids is 1. The Bertz CT molecular complexity index is 777. The summed E-state index contributed by atoms with van der Waals surface area (Å²) in [6.45, 7) is 0. The van der Waals surface area contributed by atoms with E-state index in [9.17, 15) is 14.9 Å². The molecule has 0 atom stereocenters. The largest absolute Gasteiger partial charge is 0.497 e. The van der Waals surface area contributed by atoms with Crippen LogP contribution in [0.15, 0.2) is 52.0 Å². The highest BCUT2D eigenvalue weighted by Gasteiger charge is 2.10. The van der Waals surface area contributed by atoms with Crippen LogP contribution in [-0.2, 0) is 0 Å². The Morgan fingerprint density at radius 3 is 2.83 bits per heavy atom. The zero-order chi connectivity index (χ0) is 16.8. The second-order valence-electron chi connectivity index (χ2n) is 4.39. The van der Waals surface area contributed by atoms with Crippen LogP contribution in [0.4, 0.5) is 5.69 Å². The number of nitro benzene ring substituents is 1. The average molecular weight is 378 g/mol. The Hall–Kier alpha value is -2.74. The number of carbonyl (C=O) groups is 1. The van der Waals surface area contributed by atoms with Gasteiger partial charge in [0.05, 0.1) is 18.2 Å². The number of non-ortho nitro benzene ring substituents is 1. The van der Waals surface area contributed by atoms with E-state index in [-0.39, 0.29) is 11.3 Å². The van der Waals surface area contributed by atoms with E-state index in [1.54, 1.807) is 25.3 Å². The Morgan fingerprint density at radius 2 is 2.13 bits per heavy atom. The molecule has 2 rings (SSSR count). The molecule has 23 heavy (non-hydrogen) atoms. The lowest BCUT2D eigenvalue weighted by atomic mass is 10.2. The van der Waals surface area contributed by atoms with Gasteiger partial charge in [0.2, 0.25) is 0 Å². The fourth-order valence-corrected chi connectivity index (χ4v) is 2.08. The summed E-state index contributed by atoms with van der Waals surface area (Å²) in [4.78, 5) is 22.1. The van der Waals surface area contributed by atoms with Crippen molar-refractivity contribution < 1.29 is 14.5 Å². The number of hydrogen-bond acceptors (Lipinski definition) is 5. The zero-order valence-corrected chi connectivity index (χ0v) is 13.6. The van der Waals surface area contributed by atoms with Crippen molar-refractivity contribution in [3.8, 4) is 5.75 Å². The smallest absolute Gasteiger partial charge is 0.271 e. The van der Waals surface area contributed by atoms with E-state index in [1.165, 1.54) is 30.5 Å². The van der Waals surface area contributed by atoms with Crippen LogP contribution in [0, 0.1) is 10.1 Å². The van der Waals surface area contributed by atoms with E-state index < -0.39 is 10.8 Å². The van der Waals surface area contributed by atoms with Crippen molar-refractivity contribution in [1.29, 1.82) is 0 Å². The minimum atomic E-state index is -0.562. The Morgan fingerprint density at radius 1 is 1.35 bits per heavy atom. The van der Waals surface area contributed by atoms with Crippen molar-refractivity contribution in [2.24, 2.45) is 5.10 Å². The highest BCUT2D eigenvalue weighted by atomic mass is 79.9. The zero-order valence-electron chi connectivity index (χ0n) is 12.0. The van der Waals surface area contributed by atoms with Gasteiger partial charge in [-0.25, -0.2) is 5.43 Å². The summed E-state index contributed by atoms with van der Waals surface area (Å²) in [5.74, 6) is 0.114. The molecule has 0 bridgehead atoms. The SMILES string of the molecule is COc1ccc(Br)c(C=NNC(=O)c2cccc([N+](=O)[O-])c2)c1. The van der Waals surface area contributed by atoms with Gasteiger partial charge < -0.3 is 4.74 Å². The third kappa shape index (κ3) is 4.36. The van der Waals surface area contributed by atoms with Crippen LogP contribution in [0.25, 0.3) is 0 Å². The summed E-state index contributed by atoms with van der Waals surface area (Å²) < 4.78 is 5.89. The van der Waals surface area contributed by atoms with E-state index in [0.29, 0.717) is 11.3 Å². The summed E-state index contributed by atoms with van der Waals surface area (Å²) in [6, 6.07) is 10.7. The third-order valence-corrected chi connectivity index (χ3v) is 3.61. The molecule has 0 fully saturated rings. The maximum Gasteiger partial charge on any atom is 0.271 e. The third-order valence-electron chi connectivity index (χ3n) is 2.89. The molecule has 0 unspecified atom stereocenters. The van der Waals surface area contributed by atoms with Gasteiger partial charge in [-0.15, -0.1) is 0 Å². The Labute approximate surface area is 140 Å². The molecule has 0 heterocycles. The summed E-state index contributed by atoms with van der Waals surface area (Å²) in [5.41, 5.74) is 3.03. The monoisotopic (exact) mass is 377 g/mol. The van der Waals surface area contributed by atoms with Crippen LogP contribution in [0.3, 0.4) is 0 Å². The number of rotatable bonds is 5. The van der Waals surface area contributed by atoms with Crippen LogP contribution >= 0.6 is 15.9 Å². The first kappa shape index (κ1) is 16.6. The van der Waals surface area contributed by atoms with E-state index in [1.807, 2.05) is 0 Å². The lowest BCUT2D eigenvalue weighted by molar-refractivity contribution is -0.384. The van der Waals surface area contributed by atoms with Crippen LogP contribution in [0.5, 0.6) is 5.75 Å². The summed E-state index contributed by atoms with van der Waals surface area (Å²) in [7, 11) is 1.55. The highest BCUT2D eigenvalue weighted by Crippen LogP contribution is 2.20. The first-order valence-corrected chi connectivity index (χ1v) is 7.22. The molecule has 1 N–H and O–H groups in total. The van der Waals surface area contributed by atoms with Gasteiger partial charge in [-0.05, 0) is 24.3 Å². The van der Waals surface area contributed by atoms with Gasteiger partial charge in [0.25, 0.3) is 11.6 Å². The second-order valence-corrected chi connectivity index (χ2v) is 5.25. The van der Waals surface area contributed by atoms with Crippen molar-refractivity contribution in [3.63, 3.8) is 0 Å². The molecule has 2 aromatic rings. The van der Waals surface area contributed by atoms with Gasteiger partial charge in [-0.2, -0.15) is 5.10 Å². The first-order valence-electron chi connectivity index (χ1n) is 6.42. The topological polar surface area (TPSA) is 93.8 Å². The van der Waals surface area contributed by atoms with Crippen molar-refractivity contribution in [3.05, 3.63) is 68.2 Å². The second kappa shape index (κ2) is 7.50. The van der Waals surface area contributed by atoms with Gasteiger partial charge in [-0.3, -0.25) is 14.9 Å². The van der Waals surface area contributed by atoms with Gasteiger partial charge in [-0.1, -0.05) is 22.0 Å². The molecular weight excluding hydrogens is 366 g/mol. The van der Waals surface area contributed by atoms with Gasteiger partial charge >= 0.3 is 0 Å². The summed E-state index contributed by atoms with van der Waals surface area (Å²) >= 11 is 3.36. The number of hydrogen-bond donors (Lipinski definition) is 1. The highest BCUT2D eigenvalue weighted by molar-refractivity contribution is 9.10. The van der Waals surface area contributed by atoms with E-state index in [2.05, 4.69) is 26.5 Å². The van der Waals surface area contributed by atoms with Crippen LogP contribution < -0.4 is 10.2 Å². The van der Waals surface area contributed by atoms with Crippen molar-refractivity contribution in [1.82, 2.24) is 5.43 Å². The molecule has 0 aliphatic rings. The quantitative estimate of drug-likeness (QED) is 0.491. The molecule has 0 spiro atoms. The average Bonchev–Trinajstić information content (AvgIpc) is 2.56. The Kier molecular flexibility index (Phi) is 5.42. The Balaban J connectivity index is 2.10. The lowest BCUT2D eigenvalue weighted by Gasteiger charge is -2.03. The lowest BCUT2D eigenvalue weighted by Crippen LogP contribution is -2.17. The minimum Gasteiger partial charge on any atom is -0.497 e. The first-order chi connectivity index (χ1) is 11.0. The molecule has 0 saturated carbocycles. The number of nitrogens with zero attached hydrogens (tertiary/aromatic N) is 2. The molecule has 2 aromatic carbocycles. The number of hydrazone groups is 1. The number of methoxy groups -OCH3 is 1. The summed E-state index contributed by atoms with van der Waals surface area (Å²) in [5, 5.41) is 14.5. The molecule has 1 amide bonds. The van der Waals surface area contributed by atoms with Gasteiger partial charge in [0.15, 0.2) is 0 Å². The predicted octanol–water partition coefficient (Wildman–Crippen LogP) is 3.13. The molecule has 118 valence electrons. The number of amides is 1. The molecule has 0 aromatic heterocycles. The van der Waals surface area contributed by atoms with Crippen molar-refractivity contribution in [2.45, 2.75) is 0 Å². The van der Waals surface area contributed by atoms with Crippen LogP contribution in [0.1, 0.15) is 15.9 Å². The molecule has 8 heteroatoms. The molecule has 0 aliphatic carbocycles. The molecule has 0 radical (unpaired) electrons. The number of halogens is 1. The molecule has 0 aliphatic heterocycles. The predicted molar refractivity (Wildman–Crippen MR) is 88.9 cm³/mol. The molecular formula is C15H12BrN3O4. The number of benzene rings is 2. The molecule has 7 nitrogen and oxygen atoms in total. The maximum atomic E-state index is 11.9. The number of ether oxygens (including phenoxy) is 1. The van der Waals surface area contributed by atoms with Crippen molar-refractivity contribution in [2.75, 3.05) is 7.11 Å². The molecule has 0 saturated heterocycles. The number of nitrogens with one attached hydrogen (secondary N) is 1. The van der Waals surface area contributed by atoms with Gasteiger partial charge in [0.1, 0.15) is 5.75 Å². The standard InChI is InChI=1S/C15H12BrN3O4/c1-23-13-5-6-14(16)11(8-13)9-17-18-15(20)10-3-2-4-12(7-10)19(21)22/h2-9H,1H3,(H,18,20). The number of nitro groups is 1. The van der Waals surface area contributed by atoms with Gasteiger partial charge in [0, 0.05) is 27.7 Å². The fraction of sp³-hybridized carbons (Fsp3) is 0.0667. The van der Waals surface area contributed by atoms with Crippen molar-refractivity contribution >= 4 is 33.7 Å². The van der Waals surface area contributed by atoms with E-state index >= 15 is 0 Å².